The van der Waals surface area contributed by atoms with Crippen molar-refractivity contribution in [2.24, 2.45) is 5.89 Å². The summed E-state index contributed by atoms with van der Waals surface area (Å²) in [5, 5.41) is 0.243. The lowest BCUT2D eigenvalue weighted by molar-refractivity contribution is -0.138. The maximum Gasteiger partial charge on any atom is 0.416 e. The van der Waals surface area contributed by atoms with Crippen LogP contribution in [-0.4, -0.2) is 103 Å². The van der Waals surface area contributed by atoms with E-state index in [-0.39, 0.29) is 54.8 Å². The maximum atomic E-state index is 14.4. The Morgan fingerprint density at radius 1 is 0.562 bits per heavy atom. The third-order valence-electron chi connectivity index (χ3n) is 16.4. The first-order valence-electron chi connectivity index (χ1n) is 37.3. The van der Waals surface area contributed by atoms with E-state index in [9.17, 15) is 54.3 Å². The molecule has 0 aliphatic heterocycles. The summed E-state index contributed by atoms with van der Waals surface area (Å²) in [4.78, 5) is 70.7. The molecule has 22 heteroatoms. The third-order valence-corrected chi connectivity index (χ3v) is 18.5. The molecular formula is C74H80F8N8O4S2. The number of benzene rings is 6. The van der Waals surface area contributed by atoms with Gasteiger partial charge in [-0.1, -0.05) is 155 Å². The lowest BCUT2D eigenvalue weighted by Crippen LogP contribution is -2.40. The van der Waals surface area contributed by atoms with Crippen molar-refractivity contribution in [1.82, 2.24) is 38.7 Å². The zero-order valence-electron chi connectivity index (χ0n) is 65.8. The van der Waals surface area contributed by atoms with Crippen molar-refractivity contribution in [3.8, 4) is 22.3 Å². The van der Waals surface area contributed by atoms with Gasteiger partial charge < -0.3 is 28.7 Å². The summed E-state index contributed by atoms with van der Waals surface area (Å²) in [6.45, 7) is 12.9. The zero-order chi connectivity index (χ0) is 79.4. The minimum Gasteiger partial charge on any atom is -0.336 e. The highest BCUT2D eigenvalue weighted by Crippen LogP contribution is 2.36. The van der Waals surface area contributed by atoms with Crippen LogP contribution in [0.5, 0.6) is 0 Å². The van der Waals surface area contributed by atoms with Crippen LogP contribution in [0.1, 0.15) is 119 Å². The van der Waals surface area contributed by atoms with Gasteiger partial charge >= 0.3 is 12.4 Å². The highest BCUT2D eigenvalue weighted by molar-refractivity contribution is 7.98. The fraction of sp³-hybridized carbons (Fsp3) is 0.378. The van der Waals surface area contributed by atoms with E-state index < -0.39 is 148 Å². The maximum absolute atomic E-state index is 14.4. The van der Waals surface area contributed by atoms with Crippen molar-refractivity contribution in [3.63, 3.8) is 0 Å². The van der Waals surface area contributed by atoms with Gasteiger partial charge in [0.15, 0.2) is 10.3 Å². The molecule has 1 atom stereocenters. The van der Waals surface area contributed by atoms with Crippen molar-refractivity contribution in [2.45, 2.75) is 134 Å². The molecule has 8 aromatic rings. The molecule has 2 aromatic heterocycles. The minimum absolute atomic E-state index is 0.0478. The van der Waals surface area contributed by atoms with Crippen molar-refractivity contribution < 1.29 is 61.2 Å². The van der Waals surface area contributed by atoms with Crippen molar-refractivity contribution in [3.05, 3.63) is 233 Å². The molecule has 6 aromatic carbocycles. The smallest absolute Gasteiger partial charge is 0.336 e. The first-order chi connectivity index (χ1) is 50.7. The topological polar surface area (TPSA) is 117 Å². The second-order valence-corrected chi connectivity index (χ2v) is 24.7. The molecule has 0 fully saturated rings. The Balaban J connectivity index is 0.000000249. The molecule has 2 amide bonds. The molecule has 1 unspecified atom stereocenters. The number of thioether (sulfide) groups is 2. The Hall–Kier alpha value is -7.92. The van der Waals surface area contributed by atoms with Gasteiger partial charge in [0.1, 0.15) is 24.7 Å². The molecule has 12 nitrogen and oxygen atoms in total. The Morgan fingerprint density at radius 3 is 1.51 bits per heavy atom. The van der Waals surface area contributed by atoms with Gasteiger partial charge in [0.05, 0.1) is 20.7 Å². The van der Waals surface area contributed by atoms with Gasteiger partial charge in [0.25, 0.3) is 11.1 Å². The number of likely N-dealkylation sites (N-methyl/N-ethyl adjacent to an activating group) is 2. The average molecular weight is 1370 g/mol. The number of fused-ring (bicyclic) bond motifs is 2. The average Bonchev–Trinajstić information content (AvgIpc) is 1.52. The first kappa shape index (κ1) is 57.2. The lowest BCUT2D eigenvalue weighted by Gasteiger charge is -2.28. The summed E-state index contributed by atoms with van der Waals surface area (Å²) in [5.74, 6) is -3.71. The molecule has 508 valence electrons. The molecule has 2 aliphatic rings. The summed E-state index contributed by atoms with van der Waals surface area (Å²) < 4.78 is 215. The van der Waals surface area contributed by atoms with E-state index in [4.69, 9.17) is 16.4 Å². The second-order valence-electron chi connectivity index (χ2n) is 22.8. The Kier molecular flexibility index (Phi) is 19.6. The van der Waals surface area contributed by atoms with Crippen molar-refractivity contribution in [2.75, 3.05) is 52.4 Å². The molecule has 0 saturated carbocycles. The SMILES string of the molecule is [2H]C1([2H])c2c(n(CC(=O)N(CCN(CC)CC)Cc3ccc(-c4ccc(C(F)(F)F)cc4)cc3)c(SCc3ccc(F)cc3)nc2=O)C([2H])([2H])C1([2H])C.[2H]c1c([2H])c(-c2c([2H])c([2H])c(C(F)(F)F)c(C)c2[2H])c([2H])c([2H])c1CN(CCN(CC)CC)C(=O)Cn1c(SCc2ccc(F)cc2)nc(=O)c2c1CCC2. The molecule has 2 heterocycles. The predicted molar refractivity (Wildman–Crippen MR) is 362 cm³/mol. The normalized spacial score (nSPS) is 17.2. The number of carbonyl (C=O) groups excluding carboxylic acids is 2. The monoisotopic (exact) mass is 1370 g/mol. The van der Waals surface area contributed by atoms with Gasteiger partial charge in [-0.3, -0.25) is 19.2 Å². The number of hydrogen-bond donors (Lipinski definition) is 0. The Labute approximate surface area is 580 Å². The van der Waals surface area contributed by atoms with Crippen LogP contribution < -0.4 is 11.1 Å². The van der Waals surface area contributed by atoms with E-state index in [1.807, 2.05) is 27.7 Å². The van der Waals surface area contributed by atoms with E-state index in [2.05, 4.69) is 19.8 Å². The van der Waals surface area contributed by atoms with Crippen LogP contribution in [0.25, 0.3) is 22.3 Å². The molecule has 10 rings (SSSR count). The van der Waals surface area contributed by atoms with E-state index in [0.29, 0.717) is 89.9 Å². The summed E-state index contributed by atoms with van der Waals surface area (Å²) in [6, 6.07) is 17.5. The standard InChI is InChI=1S/2C37H40F4N4O2S/c1-4-43(5-2)18-19-44(22-26-6-10-28(11-7-26)29-12-14-30(15-13-29)37(39,40)41)34(46)23-45-33-21-25(3)20-32(33)35(47)42-36(45)48-24-27-8-16-31(38)17-9-27;1-4-43(5-2)19-20-44(22-26-9-13-28(14-10-26)29-15-18-32(25(3)21-29)37(39,40)41)34(46)23-45-33-8-6-7-31(33)35(47)42-36(45)48-24-27-11-16-30(38)17-12-27/h6-17,25H,4-5,18-24H2,1-3H3;9-18,21H,4-8,19-20,22-24H2,1-3H3/i20D2,21D2,25D;9D,10D,13D,14D,15D,18D,21D. The first-order valence-corrected chi connectivity index (χ1v) is 33.3. The molecule has 0 radical (unpaired) electrons. The van der Waals surface area contributed by atoms with E-state index in [0.717, 1.165) is 56.4 Å². The van der Waals surface area contributed by atoms with E-state index >= 15 is 0 Å². The predicted octanol–water partition coefficient (Wildman–Crippen LogP) is 15.0. The van der Waals surface area contributed by atoms with Crippen LogP contribution in [0, 0.1) is 24.5 Å². The molecule has 0 N–H and O–H groups in total. The van der Waals surface area contributed by atoms with E-state index in [1.165, 1.54) is 57.6 Å². The quantitative estimate of drug-likeness (QED) is 0.0295. The number of aromatic nitrogens is 4. The largest absolute Gasteiger partial charge is 0.416 e. The van der Waals surface area contributed by atoms with E-state index in [1.54, 1.807) is 58.0 Å². The fourth-order valence-electron chi connectivity index (χ4n) is 10.9. The fourth-order valence-corrected chi connectivity index (χ4v) is 12.8. The summed E-state index contributed by atoms with van der Waals surface area (Å²) in [6.07, 6.45) is -13.2. The van der Waals surface area contributed by atoms with Crippen LogP contribution >= 0.6 is 23.5 Å². The van der Waals surface area contributed by atoms with Crippen molar-refractivity contribution >= 4 is 35.3 Å². The molecule has 0 saturated heterocycles. The number of carbonyl (C=O) groups is 2. The number of hydrogen-bond acceptors (Lipinski definition) is 10. The molecule has 0 bridgehead atoms. The van der Waals surface area contributed by atoms with Crippen LogP contribution in [0.4, 0.5) is 35.1 Å². The number of alkyl halides is 6. The van der Waals surface area contributed by atoms with Crippen molar-refractivity contribution in [1.29, 1.82) is 0 Å². The Bertz CT molecular complexity index is 4700. The van der Waals surface area contributed by atoms with Gasteiger partial charge in [0.2, 0.25) is 11.8 Å². The van der Waals surface area contributed by atoms with Crippen LogP contribution in [0.2, 0.25) is 0 Å². The Morgan fingerprint density at radius 2 is 1.02 bits per heavy atom. The highest BCUT2D eigenvalue weighted by Gasteiger charge is 2.34. The number of halogens is 8. The van der Waals surface area contributed by atoms with Crippen LogP contribution in [0.15, 0.2) is 159 Å². The summed E-state index contributed by atoms with van der Waals surface area (Å²) in [7, 11) is 0. The molecular weight excluding hydrogens is 1280 g/mol. The molecule has 2 aliphatic carbocycles. The van der Waals surface area contributed by atoms with Gasteiger partial charge in [0, 0.05) is 80.1 Å². The number of nitrogens with zero attached hydrogens (tertiary/aromatic N) is 8. The zero-order valence-corrected chi connectivity index (χ0v) is 55.4. The van der Waals surface area contributed by atoms with Gasteiger partial charge in [-0.05, 0) is 164 Å². The second kappa shape index (κ2) is 32.9. The third kappa shape index (κ3) is 19.0. The van der Waals surface area contributed by atoms with Crippen LogP contribution in [-0.2, 0) is 85.2 Å². The van der Waals surface area contributed by atoms with Gasteiger partial charge in [-0.15, -0.1) is 0 Å². The summed E-state index contributed by atoms with van der Waals surface area (Å²) in [5.41, 5.74) is -2.16. The number of rotatable bonds is 26. The molecule has 96 heavy (non-hydrogen) atoms. The number of amides is 2. The van der Waals surface area contributed by atoms with Gasteiger partial charge in [-0.25, -0.2) is 8.78 Å². The highest BCUT2D eigenvalue weighted by atomic mass is 32.2. The van der Waals surface area contributed by atoms with Crippen LogP contribution in [0.3, 0.4) is 0 Å². The summed E-state index contributed by atoms with van der Waals surface area (Å²) >= 11 is 2.23. The minimum atomic E-state index is -5.04. The molecule has 0 spiro atoms. The van der Waals surface area contributed by atoms with Gasteiger partial charge in [-0.2, -0.15) is 36.3 Å². The lowest BCUT2D eigenvalue weighted by atomic mass is 9.98.